The van der Waals surface area contributed by atoms with Crippen LogP contribution in [0.1, 0.15) is 46.5 Å². The van der Waals surface area contributed by atoms with Crippen molar-refractivity contribution >= 4 is 5.78 Å². The lowest BCUT2D eigenvalue weighted by Gasteiger charge is -2.27. The summed E-state index contributed by atoms with van der Waals surface area (Å²) in [6.07, 6.45) is 4.41. The zero-order valence-corrected chi connectivity index (χ0v) is 9.05. The molecule has 76 valence electrons. The molecule has 0 aromatic rings. The molecule has 0 amide bonds. The van der Waals surface area contributed by atoms with E-state index in [1.807, 2.05) is 6.92 Å². The summed E-state index contributed by atoms with van der Waals surface area (Å²) in [6.45, 7) is 7.27. The fraction of sp³-hybridized carbons (Fsp3) is 0.909. The fourth-order valence-corrected chi connectivity index (χ4v) is 1.84. The maximum atomic E-state index is 11.5. The minimum Gasteiger partial charge on any atom is -0.298 e. The average molecular weight is 183 g/mol. The summed E-state index contributed by atoms with van der Waals surface area (Å²) in [6, 6.07) is 0.864. The molecule has 2 heteroatoms. The van der Waals surface area contributed by atoms with Crippen LogP contribution in [0, 0.1) is 0 Å². The van der Waals surface area contributed by atoms with Crippen LogP contribution in [-0.2, 0) is 4.79 Å². The predicted octanol–water partition coefficient (Wildman–Crippen LogP) is 2.23. The lowest BCUT2D eigenvalue weighted by atomic mass is 10.1. The first-order chi connectivity index (χ1) is 6.20. The maximum absolute atomic E-state index is 11.5. The second-order valence-corrected chi connectivity index (χ2v) is 3.96. The Hall–Kier alpha value is -0.370. The largest absolute Gasteiger partial charge is 0.298 e. The lowest BCUT2D eigenvalue weighted by molar-refractivity contribution is -0.123. The molecule has 1 fully saturated rings. The van der Waals surface area contributed by atoms with Crippen LogP contribution >= 0.6 is 0 Å². The second kappa shape index (κ2) is 4.75. The van der Waals surface area contributed by atoms with Gasteiger partial charge in [-0.3, -0.25) is 9.69 Å². The predicted molar refractivity (Wildman–Crippen MR) is 54.8 cm³/mol. The van der Waals surface area contributed by atoms with E-state index in [-0.39, 0.29) is 6.04 Å². The third-order valence-corrected chi connectivity index (χ3v) is 2.81. The van der Waals surface area contributed by atoms with E-state index in [4.69, 9.17) is 0 Å². The van der Waals surface area contributed by atoms with Crippen molar-refractivity contribution in [3.05, 3.63) is 0 Å². The van der Waals surface area contributed by atoms with Crippen LogP contribution in [0.25, 0.3) is 0 Å². The van der Waals surface area contributed by atoms with Gasteiger partial charge in [0.15, 0.2) is 0 Å². The SMILES string of the molecule is CCCN(C1CC1)C(C)C(=O)CC. The van der Waals surface area contributed by atoms with E-state index in [1.165, 1.54) is 12.8 Å². The smallest absolute Gasteiger partial charge is 0.149 e. The molecule has 0 spiro atoms. The Morgan fingerprint density at radius 1 is 1.46 bits per heavy atom. The highest BCUT2D eigenvalue weighted by atomic mass is 16.1. The summed E-state index contributed by atoms with van der Waals surface area (Å²) in [5.74, 6) is 0.389. The molecule has 0 aliphatic heterocycles. The van der Waals surface area contributed by atoms with Crippen LogP contribution < -0.4 is 0 Å². The van der Waals surface area contributed by atoms with E-state index in [0.29, 0.717) is 18.2 Å². The van der Waals surface area contributed by atoms with E-state index in [2.05, 4.69) is 18.7 Å². The van der Waals surface area contributed by atoms with E-state index in [1.54, 1.807) is 0 Å². The molecule has 0 saturated heterocycles. The van der Waals surface area contributed by atoms with Gasteiger partial charge in [-0.2, -0.15) is 0 Å². The standard InChI is InChI=1S/C11H21NO/c1-4-8-12(10-6-7-10)9(3)11(13)5-2/h9-10H,4-8H2,1-3H3. The highest BCUT2D eigenvalue weighted by molar-refractivity contribution is 5.83. The van der Waals surface area contributed by atoms with Crippen molar-refractivity contribution in [1.29, 1.82) is 0 Å². The molecule has 1 saturated carbocycles. The van der Waals surface area contributed by atoms with Crippen molar-refractivity contribution in [2.24, 2.45) is 0 Å². The van der Waals surface area contributed by atoms with Crippen molar-refractivity contribution in [3.8, 4) is 0 Å². The number of carbonyl (C=O) groups excluding carboxylic acids is 1. The molecule has 0 bridgehead atoms. The maximum Gasteiger partial charge on any atom is 0.149 e. The normalized spacial score (nSPS) is 19.1. The molecule has 13 heavy (non-hydrogen) atoms. The van der Waals surface area contributed by atoms with Crippen LogP contribution in [0.15, 0.2) is 0 Å². The van der Waals surface area contributed by atoms with E-state index < -0.39 is 0 Å². The Kier molecular flexibility index (Phi) is 3.91. The average Bonchev–Trinajstić information content (AvgIpc) is 2.95. The number of carbonyl (C=O) groups is 1. The van der Waals surface area contributed by atoms with Crippen molar-refractivity contribution in [1.82, 2.24) is 4.90 Å². The topological polar surface area (TPSA) is 20.3 Å². The zero-order chi connectivity index (χ0) is 9.84. The van der Waals surface area contributed by atoms with Gasteiger partial charge in [0.2, 0.25) is 0 Å². The first-order valence-corrected chi connectivity index (χ1v) is 5.49. The molecule has 1 aliphatic carbocycles. The van der Waals surface area contributed by atoms with Crippen LogP contribution in [-0.4, -0.2) is 29.3 Å². The first-order valence-electron chi connectivity index (χ1n) is 5.49. The Morgan fingerprint density at radius 3 is 2.46 bits per heavy atom. The molecule has 1 rings (SSSR count). The van der Waals surface area contributed by atoms with Gasteiger partial charge in [0, 0.05) is 12.5 Å². The summed E-state index contributed by atoms with van der Waals surface area (Å²) >= 11 is 0. The summed E-state index contributed by atoms with van der Waals surface area (Å²) < 4.78 is 0. The number of rotatable bonds is 6. The van der Waals surface area contributed by atoms with Gasteiger partial charge in [-0.25, -0.2) is 0 Å². The number of hydrogen-bond donors (Lipinski definition) is 0. The summed E-state index contributed by atoms with van der Waals surface area (Å²) in [5.41, 5.74) is 0. The van der Waals surface area contributed by atoms with Crippen LogP contribution in [0.2, 0.25) is 0 Å². The van der Waals surface area contributed by atoms with E-state index >= 15 is 0 Å². The van der Waals surface area contributed by atoms with Crippen molar-refractivity contribution in [2.75, 3.05) is 6.54 Å². The monoisotopic (exact) mass is 183 g/mol. The third-order valence-electron chi connectivity index (χ3n) is 2.81. The Balaban J connectivity index is 2.47. The van der Waals surface area contributed by atoms with Gasteiger partial charge in [-0.15, -0.1) is 0 Å². The van der Waals surface area contributed by atoms with Crippen LogP contribution in [0.5, 0.6) is 0 Å². The molecular formula is C11H21NO. The minimum atomic E-state index is 0.150. The van der Waals surface area contributed by atoms with Gasteiger partial charge in [-0.05, 0) is 32.7 Å². The van der Waals surface area contributed by atoms with Gasteiger partial charge in [0.25, 0.3) is 0 Å². The number of ketones is 1. The molecule has 1 atom stereocenters. The second-order valence-electron chi connectivity index (χ2n) is 3.96. The van der Waals surface area contributed by atoms with Gasteiger partial charge in [-0.1, -0.05) is 13.8 Å². The summed E-state index contributed by atoms with van der Waals surface area (Å²) in [5, 5.41) is 0. The number of nitrogens with zero attached hydrogens (tertiary/aromatic N) is 1. The quantitative estimate of drug-likeness (QED) is 0.629. The number of Topliss-reactive ketones (excluding diaryl/α,β-unsaturated/α-hetero) is 1. The minimum absolute atomic E-state index is 0.150. The van der Waals surface area contributed by atoms with Gasteiger partial charge in [0.05, 0.1) is 6.04 Å². The highest BCUT2D eigenvalue weighted by Crippen LogP contribution is 2.29. The molecule has 2 nitrogen and oxygen atoms in total. The third kappa shape index (κ3) is 2.80. The van der Waals surface area contributed by atoms with Crippen molar-refractivity contribution in [2.45, 2.75) is 58.5 Å². The van der Waals surface area contributed by atoms with Gasteiger partial charge in [0.1, 0.15) is 5.78 Å². The van der Waals surface area contributed by atoms with Gasteiger partial charge >= 0.3 is 0 Å². The lowest BCUT2D eigenvalue weighted by Crippen LogP contribution is -2.40. The van der Waals surface area contributed by atoms with E-state index in [9.17, 15) is 4.79 Å². The Labute approximate surface area is 81.3 Å². The first kappa shape index (κ1) is 10.7. The zero-order valence-electron chi connectivity index (χ0n) is 9.05. The molecule has 0 aromatic heterocycles. The summed E-state index contributed by atoms with van der Waals surface area (Å²) in [7, 11) is 0. The Morgan fingerprint density at radius 2 is 2.08 bits per heavy atom. The Bertz CT molecular complexity index is 175. The van der Waals surface area contributed by atoms with Crippen molar-refractivity contribution < 1.29 is 4.79 Å². The van der Waals surface area contributed by atoms with Crippen molar-refractivity contribution in [3.63, 3.8) is 0 Å². The van der Waals surface area contributed by atoms with Gasteiger partial charge < -0.3 is 0 Å². The molecule has 1 unspecified atom stereocenters. The fourth-order valence-electron chi connectivity index (χ4n) is 1.84. The van der Waals surface area contributed by atoms with E-state index in [0.717, 1.165) is 13.0 Å². The molecule has 1 aliphatic rings. The molecule has 0 aromatic carbocycles. The molecule has 0 heterocycles. The van der Waals surface area contributed by atoms with Crippen LogP contribution in [0.3, 0.4) is 0 Å². The van der Waals surface area contributed by atoms with Crippen LogP contribution in [0.4, 0.5) is 0 Å². The molecule has 0 radical (unpaired) electrons. The summed E-state index contributed by atoms with van der Waals surface area (Å²) in [4.78, 5) is 13.9. The highest BCUT2D eigenvalue weighted by Gasteiger charge is 2.33. The number of hydrogen-bond acceptors (Lipinski definition) is 2. The molecule has 0 N–H and O–H groups in total. The molecular weight excluding hydrogens is 162 g/mol.